The molecule has 0 aliphatic rings. The molecule has 0 rings (SSSR count). The second-order valence-corrected chi connectivity index (χ2v) is 8.97. The summed E-state index contributed by atoms with van der Waals surface area (Å²) in [6.07, 6.45) is 18.8. The minimum absolute atomic E-state index is 0.306. The minimum atomic E-state index is -0.308. The first kappa shape index (κ1) is 30.7. The monoisotopic (exact) mass is 452 g/mol. The predicted molar refractivity (Wildman–Crippen MR) is 135 cm³/mol. The molecular weight excluding hydrogens is 400 g/mol. The van der Waals surface area contributed by atoms with Gasteiger partial charge in [0.1, 0.15) is 0 Å². The fourth-order valence-corrected chi connectivity index (χ4v) is 3.71. The van der Waals surface area contributed by atoms with E-state index in [0.717, 1.165) is 64.2 Å². The molecule has 0 heterocycles. The van der Waals surface area contributed by atoms with Crippen molar-refractivity contribution in [2.75, 3.05) is 13.2 Å². The van der Waals surface area contributed by atoms with Crippen LogP contribution in [-0.2, 0) is 19.1 Å². The Kier molecular flexibility index (Phi) is 21.9. The first-order chi connectivity index (χ1) is 15.6. The normalized spacial score (nSPS) is 11.9. The average Bonchev–Trinajstić information content (AvgIpc) is 2.79. The number of carbonyl (C=O) groups is 2. The minimum Gasteiger partial charge on any atom is -0.462 e. The van der Waals surface area contributed by atoms with Crippen molar-refractivity contribution in [1.29, 1.82) is 0 Å². The first-order valence-corrected chi connectivity index (χ1v) is 13.7. The Morgan fingerprint density at radius 1 is 0.438 bits per heavy atom. The average molecular weight is 453 g/mol. The van der Waals surface area contributed by atoms with E-state index in [1.165, 1.54) is 38.5 Å². The molecule has 4 nitrogen and oxygen atoms in total. The molecule has 0 radical (unpaired) electrons. The number of unbranched alkanes of at least 4 members (excludes halogenated alkanes) is 12. The summed E-state index contributed by atoms with van der Waals surface area (Å²) in [5.41, 5.74) is 1.15. The van der Waals surface area contributed by atoms with Gasteiger partial charge in [-0.25, -0.2) is 9.59 Å². The fourth-order valence-electron chi connectivity index (χ4n) is 3.71. The van der Waals surface area contributed by atoms with Crippen molar-refractivity contribution in [3.05, 3.63) is 11.1 Å². The molecule has 0 unspecified atom stereocenters. The standard InChI is InChI=1S/C28H52O4/c1-5-9-13-15-16-17-18-20-22-26(28(30)32-24-12-8-4)25(21-19-14-10-6-2)27(29)31-23-11-7-3/h5-24H2,1-4H3. The zero-order valence-electron chi connectivity index (χ0n) is 21.8. The number of carbonyl (C=O) groups excluding carboxylic acids is 2. The van der Waals surface area contributed by atoms with Crippen LogP contribution in [0.1, 0.15) is 143 Å². The fraction of sp³-hybridized carbons (Fsp3) is 0.857. The highest BCUT2D eigenvalue weighted by Gasteiger charge is 2.23. The molecule has 0 fully saturated rings. The topological polar surface area (TPSA) is 52.6 Å². The number of esters is 2. The summed E-state index contributed by atoms with van der Waals surface area (Å²) in [5, 5.41) is 0. The van der Waals surface area contributed by atoms with Gasteiger partial charge in [0.05, 0.1) is 13.2 Å². The maximum atomic E-state index is 12.9. The van der Waals surface area contributed by atoms with Crippen LogP contribution in [0.5, 0.6) is 0 Å². The van der Waals surface area contributed by atoms with Gasteiger partial charge in [0.25, 0.3) is 0 Å². The second kappa shape index (κ2) is 22.9. The first-order valence-electron chi connectivity index (χ1n) is 13.7. The molecule has 0 aromatic heterocycles. The molecule has 32 heavy (non-hydrogen) atoms. The summed E-state index contributed by atoms with van der Waals surface area (Å²) in [6.45, 7) is 9.41. The van der Waals surface area contributed by atoms with Crippen LogP contribution in [0.4, 0.5) is 0 Å². The van der Waals surface area contributed by atoms with E-state index >= 15 is 0 Å². The highest BCUT2D eigenvalue weighted by Crippen LogP contribution is 2.23. The van der Waals surface area contributed by atoms with Crippen molar-refractivity contribution in [2.24, 2.45) is 0 Å². The van der Waals surface area contributed by atoms with Crippen LogP contribution in [0.3, 0.4) is 0 Å². The lowest BCUT2D eigenvalue weighted by Gasteiger charge is -2.15. The number of rotatable bonds is 22. The third-order valence-electron chi connectivity index (χ3n) is 5.88. The van der Waals surface area contributed by atoms with Gasteiger partial charge in [0.15, 0.2) is 0 Å². The predicted octanol–water partition coefficient (Wildman–Crippen LogP) is 8.47. The molecule has 0 spiro atoms. The molecule has 0 atom stereocenters. The van der Waals surface area contributed by atoms with Crippen LogP contribution >= 0.6 is 0 Å². The second-order valence-electron chi connectivity index (χ2n) is 8.97. The van der Waals surface area contributed by atoms with Crippen LogP contribution in [0.2, 0.25) is 0 Å². The van der Waals surface area contributed by atoms with Crippen molar-refractivity contribution in [1.82, 2.24) is 0 Å². The quantitative estimate of drug-likeness (QED) is 0.0938. The molecule has 0 saturated carbocycles. The lowest BCUT2D eigenvalue weighted by molar-refractivity contribution is -0.142. The van der Waals surface area contributed by atoms with Crippen LogP contribution < -0.4 is 0 Å². The van der Waals surface area contributed by atoms with Crippen LogP contribution in [0.15, 0.2) is 11.1 Å². The Morgan fingerprint density at radius 2 is 0.750 bits per heavy atom. The van der Waals surface area contributed by atoms with Gasteiger partial charge >= 0.3 is 11.9 Å². The molecule has 0 aliphatic carbocycles. The van der Waals surface area contributed by atoms with E-state index in [1.54, 1.807) is 0 Å². The molecule has 0 saturated heterocycles. The van der Waals surface area contributed by atoms with E-state index in [0.29, 0.717) is 37.2 Å². The highest BCUT2D eigenvalue weighted by atomic mass is 16.5. The summed E-state index contributed by atoms with van der Waals surface area (Å²) in [7, 11) is 0. The van der Waals surface area contributed by atoms with Gasteiger partial charge in [-0.15, -0.1) is 0 Å². The molecule has 4 heteroatoms. The summed E-state index contributed by atoms with van der Waals surface area (Å²) < 4.78 is 11.1. The molecule has 0 aromatic carbocycles. The molecular formula is C28H52O4. The smallest absolute Gasteiger partial charge is 0.334 e. The zero-order chi connectivity index (χ0) is 23.9. The van der Waals surface area contributed by atoms with Gasteiger partial charge in [-0.05, 0) is 38.5 Å². The largest absolute Gasteiger partial charge is 0.462 e. The Morgan fingerprint density at radius 3 is 1.12 bits per heavy atom. The van der Waals surface area contributed by atoms with Gasteiger partial charge < -0.3 is 9.47 Å². The lowest BCUT2D eigenvalue weighted by atomic mass is 9.96. The molecule has 0 bridgehead atoms. The Balaban J connectivity index is 5.17. The van der Waals surface area contributed by atoms with E-state index < -0.39 is 0 Å². The van der Waals surface area contributed by atoms with Gasteiger partial charge in [-0.3, -0.25) is 0 Å². The van der Waals surface area contributed by atoms with Crippen molar-refractivity contribution < 1.29 is 19.1 Å². The number of hydrogen-bond acceptors (Lipinski definition) is 4. The van der Waals surface area contributed by atoms with Gasteiger partial charge in [-0.1, -0.05) is 105 Å². The third-order valence-corrected chi connectivity index (χ3v) is 5.88. The molecule has 188 valence electrons. The maximum Gasteiger partial charge on any atom is 0.334 e. The van der Waals surface area contributed by atoms with E-state index in [-0.39, 0.29) is 11.9 Å². The van der Waals surface area contributed by atoms with Crippen molar-refractivity contribution in [3.63, 3.8) is 0 Å². The summed E-state index contributed by atoms with van der Waals surface area (Å²) in [5.74, 6) is -0.615. The van der Waals surface area contributed by atoms with Crippen molar-refractivity contribution >= 4 is 11.9 Å². The molecule has 0 aliphatic heterocycles. The lowest BCUT2D eigenvalue weighted by Crippen LogP contribution is -2.18. The van der Waals surface area contributed by atoms with Crippen molar-refractivity contribution in [3.8, 4) is 0 Å². The van der Waals surface area contributed by atoms with Gasteiger partial charge in [0, 0.05) is 11.1 Å². The van der Waals surface area contributed by atoms with Gasteiger partial charge in [0.2, 0.25) is 0 Å². The molecule has 0 aromatic rings. The van der Waals surface area contributed by atoms with E-state index in [2.05, 4.69) is 27.7 Å². The number of ether oxygens (including phenoxy) is 2. The van der Waals surface area contributed by atoms with E-state index in [9.17, 15) is 9.59 Å². The maximum absolute atomic E-state index is 12.9. The summed E-state index contributed by atoms with van der Waals surface area (Å²) in [6, 6.07) is 0. The Labute approximate surface area is 198 Å². The molecule has 0 amide bonds. The summed E-state index contributed by atoms with van der Waals surface area (Å²) in [4.78, 5) is 25.8. The van der Waals surface area contributed by atoms with Crippen LogP contribution in [-0.4, -0.2) is 25.2 Å². The third kappa shape index (κ3) is 16.3. The molecule has 0 N–H and O–H groups in total. The van der Waals surface area contributed by atoms with Crippen molar-refractivity contribution in [2.45, 2.75) is 143 Å². The Hall–Kier alpha value is -1.32. The SMILES string of the molecule is CCCCCCCCCCC(C(=O)OCCCC)=C(CCCCCC)C(=O)OCCCC. The summed E-state index contributed by atoms with van der Waals surface area (Å²) >= 11 is 0. The van der Waals surface area contributed by atoms with Crippen LogP contribution in [0.25, 0.3) is 0 Å². The van der Waals surface area contributed by atoms with E-state index in [4.69, 9.17) is 9.47 Å². The number of hydrogen-bond donors (Lipinski definition) is 0. The zero-order valence-corrected chi connectivity index (χ0v) is 21.8. The van der Waals surface area contributed by atoms with Gasteiger partial charge in [-0.2, -0.15) is 0 Å². The van der Waals surface area contributed by atoms with Crippen LogP contribution in [0, 0.1) is 0 Å². The van der Waals surface area contributed by atoms with E-state index in [1.807, 2.05) is 0 Å². The Bertz CT molecular complexity index is 496. The highest BCUT2D eigenvalue weighted by molar-refractivity contribution is 6.00.